The van der Waals surface area contributed by atoms with E-state index in [0.717, 1.165) is 10.7 Å². The van der Waals surface area contributed by atoms with Crippen LogP contribution < -0.4 is 10.5 Å². The molecular weight excluding hydrogens is 354 g/mol. The average Bonchev–Trinajstić information content (AvgIpc) is 2.35. The number of sulfonamides is 1. The molecule has 19 heavy (non-hydrogen) atoms. The lowest BCUT2D eigenvalue weighted by Crippen LogP contribution is -2.13. The first-order chi connectivity index (χ1) is 8.88. The summed E-state index contributed by atoms with van der Waals surface area (Å²) in [6.45, 7) is 0. The van der Waals surface area contributed by atoms with Gasteiger partial charge in [-0.1, -0.05) is 27.5 Å². The number of rotatable bonds is 3. The number of nitrogens with one attached hydrogen (secondary N) is 1. The standard InChI is InChI=1S/C11H9BrClN3O2S/c12-7-1-3-8(4-2-7)16-19(17,18)9-5-10(13)11(14)15-6-9/h1-6,16H,(H2,14,15). The molecule has 0 aliphatic carbocycles. The zero-order chi connectivity index (χ0) is 14.0. The van der Waals surface area contributed by atoms with Crippen molar-refractivity contribution in [1.82, 2.24) is 4.98 Å². The number of hydrogen-bond donors (Lipinski definition) is 2. The molecule has 3 N–H and O–H groups in total. The Hall–Kier alpha value is -1.31. The molecule has 0 aliphatic heterocycles. The zero-order valence-corrected chi connectivity index (χ0v) is 12.6. The van der Waals surface area contributed by atoms with Crippen LogP contribution in [0.5, 0.6) is 0 Å². The van der Waals surface area contributed by atoms with Gasteiger partial charge in [0, 0.05) is 16.4 Å². The molecule has 0 aliphatic rings. The molecule has 0 radical (unpaired) electrons. The number of aromatic nitrogens is 1. The van der Waals surface area contributed by atoms with E-state index in [1.165, 1.54) is 6.07 Å². The van der Waals surface area contributed by atoms with E-state index in [9.17, 15) is 8.42 Å². The average molecular weight is 363 g/mol. The van der Waals surface area contributed by atoms with E-state index in [0.29, 0.717) is 5.69 Å². The summed E-state index contributed by atoms with van der Waals surface area (Å²) in [7, 11) is -3.73. The van der Waals surface area contributed by atoms with E-state index in [1.807, 2.05) is 0 Å². The molecule has 0 saturated heterocycles. The lowest BCUT2D eigenvalue weighted by molar-refractivity contribution is 0.601. The quantitative estimate of drug-likeness (QED) is 0.879. The number of nitrogens with two attached hydrogens (primary N) is 1. The molecule has 8 heteroatoms. The lowest BCUT2D eigenvalue weighted by Gasteiger charge is -2.08. The second kappa shape index (κ2) is 5.36. The molecule has 0 saturated carbocycles. The minimum absolute atomic E-state index is 0.0466. The number of nitrogen functional groups attached to an aromatic ring is 1. The zero-order valence-electron chi connectivity index (χ0n) is 9.47. The summed E-state index contributed by atoms with van der Waals surface area (Å²) in [5.41, 5.74) is 5.88. The number of hydrogen-bond acceptors (Lipinski definition) is 4. The summed E-state index contributed by atoms with van der Waals surface area (Å²) in [6, 6.07) is 7.98. The van der Waals surface area contributed by atoms with Gasteiger partial charge in [-0.25, -0.2) is 13.4 Å². The highest BCUT2D eigenvalue weighted by atomic mass is 79.9. The fourth-order valence-corrected chi connectivity index (χ4v) is 2.83. The van der Waals surface area contributed by atoms with E-state index in [1.54, 1.807) is 24.3 Å². The Labute approximate surface area is 124 Å². The maximum atomic E-state index is 12.1. The van der Waals surface area contributed by atoms with E-state index in [2.05, 4.69) is 25.6 Å². The highest BCUT2D eigenvalue weighted by Crippen LogP contribution is 2.22. The third kappa shape index (κ3) is 3.37. The van der Waals surface area contributed by atoms with Crippen molar-refractivity contribution in [3.8, 4) is 0 Å². The third-order valence-corrected chi connectivity index (χ3v) is 4.43. The summed E-state index contributed by atoms with van der Waals surface area (Å²) < 4.78 is 27.5. The number of benzene rings is 1. The Morgan fingerprint density at radius 1 is 1.26 bits per heavy atom. The minimum Gasteiger partial charge on any atom is -0.382 e. The van der Waals surface area contributed by atoms with Gasteiger partial charge < -0.3 is 5.73 Å². The van der Waals surface area contributed by atoms with Crippen LogP contribution in [0.25, 0.3) is 0 Å². The molecule has 2 rings (SSSR count). The maximum Gasteiger partial charge on any atom is 0.263 e. The van der Waals surface area contributed by atoms with Crippen LogP contribution >= 0.6 is 27.5 Å². The maximum absolute atomic E-state index is 12.1. The van der Waals surface area contributed by atoms with Crippen LogP contribution in [0.2, 0.25) is 5.02 Å². The van der Waals surface area contributed by atoms with Gasteiger partial charge in [0.25, 0.3) is 10.0 Å². The molecule has 1 aromatic carbocycles. The Bertz CT molecular complexity index is 704. The minimum atomic E-state index is -3.73. The van der Waals surface area contributed by atoms with Crippen molar-refractivity contribution in [3.05, 3.63) is 46.0 Å². The number of halogens is 2. The molecule has 5 nitrogen and oxygen atoms in total. The Morgan fingerprint density at radius 3 is 2.47 bits per heavy atom. The molecule has 1 aromatic heterocycles. The van der Waals surface area contributed by atoms with Gasteiger partial charge in [0.05, 0.1) is 5.02 Å². The Kier molecular flexibility index (Phi) is 3.98. The lowest BCUT2D eigenvalue weighted by atomic mass is 10.3. The largest absolute Gasteiger partial charge is 0.382 e. The first-order valence-electron chi connectivity index (χ1n) is 5.08. The molecule has 100 valence electrons. The van der Waals surface area contributed by atoms with E-state index in [-0.39, 0.29) is 15.7 Å². The monoisotopic (exact) mass is 361 g/mol. The second-order valence-electron chi connectivity index (χ2n) is 3.65. The van der Waals surface area contributed by atoms with Gasteiger partial charge in [-0.2, -0.15) is 0 Å². The van der Waals surface area contributed by atoms with E-state index >= 15 is 0 Å². The van der Waals surface area contributed by atoms with Gasteiger partial charge >= 0.3 is 0 Å². The third-order valence-electron chi connectivity index (χ3n) is 2.25. The van der Waals surface area contributed by atoms with Gasteiger partial charge in [0.1, 0.15) is 10.7 Å². The van der Waals surface area contributed by atoms with Crippen LogP contribution in [-0.4, -0.2) is 13.4 Å². The van der Waals surface area contributed by atoms with Crippen molar-refractivity contribution in [2.45, 2.75) is 4.90 Å². The summed E-state index contributed by atoms with van der Waals surface area (Å²) in [5.74, 6) is 0.0873. The van der Waals surface area contributed by atoms with Crippen LogP contribution in [0.3, 0.4) is 0 Å². The molecule has 2 aromatic rings. The van der Waals surface area contributed by atoms with Gasteiger partial charge in [-0.15, -0.1) is 0 Å². The van der Waals surface area contributed by atoms with Crippen LogP contribution in [0.4, 0.5) is 11.5 Å². The molecule has 0 unspecified atom stereocenters. The van der Waals surface area contributed by atoms with Gasteiger partial charge in [0.15, 0.2) is 0 Å². The van der Waals surface area contributed by atoms with Crippen molar-refractivity contribution in [2.24, 2.45) is 0 Å². The molecule has 0 atom stereocenters. The summed E-state index contributed by atoms with van der Waals surface area (Å²) in [4.78, 5) is 3.67. The summed E-state index contributed by atoms with van der Waals surface area (Å²) >= 11 is 9.03. The Morgan fingerprint density at radius 2 is 1.89 bits per heavy atom. The smallest absolute Gasteiger partial charge is 0.263 e. The second-order valence-corrected chi connectivity index (χ2v) is 6.66. The summed E-state index contributed by atoms with van der Waals surface area (Å²) in [6.07, 6.45) is 1.16. The summed E-state index contributed by atoms with van der Waals surface area (Å²) in [5, 5.41) is 0.0960. The first kappa shape index (κ1) is 14.1. The topological polar surface area (TPSA) is 85.1 Å². The predicted octanol–water partition coefficient (Wildman–Crippen LogP) is 2.88. The molecule has 0 spiro atoms. The highest BCUT2D eigenvalue weighted by Gasteiger charge is 2.16. The number of anilines is 2. The van der Waals surface area contributed by atoms with E-state index < -0.39 is 10.0 Å². The number of nitrogens with zero attached hydrogens (tertiary/aromatic N) is 1. The SMILES string of the molecule is Nc1ncc(S(=O)(=O)Nc2ccc(Br)cc2)cc1Cl. The van der Waals surface area contributed by atoms with Crippen LogP contribution in [0.1, 0.15) is 0 Å². The molecule has 0 bridgehead atoms. The molecule has 0 amide bonds. The number of pyridine rings is 1. The van der Waals surface area contributed by atoms with Gasteiger partial charge in [-0.3, -0.25) is 4.72 Å². The van der Waals surface area contributed by atoms with Gasteiger partial charge in [0.2, 0.25) is 0 Å². The van der Waals surface area contributed by atoms with Crippen molar-refractivity contribution in [1.29, 1.82) is 0 Å². The van der Waals surface area contributed by atoms with Crippen molar-refractivity contribution in [2.75, 3.05) is 10.5 Å². The molecule has 0 fully saturated rings. The fraction of sp³-hybridized carbons (Fsp3) is 0. The van der Waals surface area contributed by atoms with Crippen molar-refractivity contribution >= 4 is 49.1 Å². The Balaban J connectivity index is 2.32. The highest BCUT2D eigenvalue weighted by molar-refractivity contribution is 9.10. The van der Waals surface area contributed by atoms with Crippen LogP contribution in [0.15, 0.2) is 45.9 Å². The van der Waals surface area contributed by atoms with Crippen molar-refractivity contribution < 1.29 is 8.42 Å². The van der Waals surface area contributed by atoms with E-state index in [4.69, 9.17) is 17.3 Å². The van der Waals surface area contributed by atoms with Gasteiger partial charge in [-0.05, 0) is 30.3 Å². The normalized spacial score (nSPS) is 11.3. The predicted molar refractivity (Wildman–Crippen MR) is 78.6 cm³/mol. The molecular formula is C11H9BrClN3O2S. The van der Waals surface area contributed by atoms with Crippen molar-refractivity contribution in [3.63, 3.8) is 0 Å². The first-order valence-corrected chi connectivity index (χ1v) is 7.73. The molecule has 1 heterocycles. The van der Waals surface area contributed by atoms with Crippen LogP contribution in [0, 0.1) is 0 Å². The fourth-order valence-electron chi connectivity index (χ4n) is 1.31. The van der Waals surface area contributed by atoms with Crippen LogP contribution in [-0.2, 0) is 10.0 Å².